The van der Waals surface area contributed by atoms with Crippen LogP contribution in [0.25, 0.3) is 28.1 Å². The molecule has 0 bridgehead atoms. The van der Waals surface area contributed by atoms with E-state index in [9.17, 15) is 9.90 Å². The molecule has 1 N–H and O–H groups in total. The molecule has 1 aromatic heterocycles. The lowest BCUT2D eigenvalue weighted by molar-refractivity contribution is -0.136. The zero-order chi connectivity index (χ0) is 19.5. The van der Waals surface area contributed by atoms with E-state index in [-0.39, 0.29) is 6.42 Å². The Morgan fingerprint density at radius 3 is 1.93 bits per heavy atom. The Labute approximate surface area is 163 Å². The molecule has 0 amide bonds. The van der Waals surface area contributed by atoms with Crippen LogP contribution < -0.4 is 0 Å². The van der Waals surface area contributed by atoms with Crippen molar-refractivity contribution in [2.75, 3.05) is 0 Å². The number of carbonyl (C=O) groups is 1. The Balaban J connectivity index is 1.82. The van der Waals surface area contributed by atoms with Crippen molar-refractivity contribution >= 4 is 5.97 Å². The summed E-state index contributed by atoms with van der Waals surface area (Å²) in [7, 11) is 0. The minimum atomic E-state index is -0.862. The van der Waals surface area contributed by atoms with Gasteiger partial charge in [-0.05, 0) is 30.2 Å². The van der Waals surface area contributed by atoms with Crippen LogP contribution in [-0.2, 0) is 11.2 Å². The van der Waals surface area contributed by atoms with E-state index < -0.39 is 5.97 Å². The van der Waals surface area contributed by atoms with Crippen LogP contribution >= 0.6 is 0 Å². The number of aryl methyl sites for hydroxylation is 1. The zero-order valence-corrected chi connectivity index (χ0v) is 15.5. The molecule has 28 heavy (non-hydrogen) atoms. The number of hydrogen-bond acceptors (Lipinski definition) is 2. The van der Waals surface area contributed by atoms with Gasteiger partial charge in [-0.3, -0.25) is 4.79 Å². The molecule has 4 heteroatoms. The van der Waals surface area contributed by atoms with Gasteiger partial charge in [0.05, 0.1) is 23.5 Å². The predicted molar refractivity (Wildman–Crippen MR) is 111 cm³/mol. The predicted octanol–water partition coefficient (Wildman–Crippen LogP) is 5.14. The molecule has 0 atom stereocenters. The summed E-state index contributed by atoms with van der Waals surface area (Å²) < 4.78 is 1.84. The molecule has 4 rings (SSSR count). The van der Waals surface area contributed by atoms with Crippen LogP contribution in [-0.4, -0.2) is 20.9 Å². The average molecular weight is 368 g/mol. The number of benzene rings is 3. The number of carboxylic acid groups (broad SMARTS) is 1. The zero-order valence-electron chi connectivity index (χ0n) is 15.5. The Bertz CT molecular complexity index is 1100. The van der Waals surface area contributed by atoms with Crippen molar-refractivity contribution in [2.45, 2.75) is 13.3 Å². The third kappa shape index (κ3) is 3.45. The highest BCUT2D eigenvalue weighted by Crippen LogP contribution is 2.30. The first kappa shape index (κ1) is 17.7. The third-order valence-corrected chi connectivity index (χ3v) is 4.78. The molecule has 4 aromatic rings. The smallest absolute Gasteiger partial charge is 0.307 e. The fourth-order valence-corrected chi connectivity index (χ4v) is 3.43. The van der Waals surface area contributed by atoms with Crippen molar-refractivity contribution in [3.8, 4) is 28.1 Å². The summed E-state index contributed by atoms with van der Waals surface area (Å²) >= 11 is 0. The van der Waals surface area contributed by atoms with E-state index in [1.165, 1.54) is 0 Å². The molecule has 0 spiro atoms. The summed E-state index contributed by atoms with van der Waals surface area (Å²) in [6, 6.07) is 28.2. The molecule has 4 nitrogen and oxygen atoms in total. The number of rotatable bonds is 5. The van der Waals surface area contributed by atoms with Gasteiger partial charge in [0.2, 0.25) is 0 Å². The average Bonchev–Trinajstić information content (AvgIpc) is 3.05. The first-order valence-electron chi connectivity index (χ1n) is 9.15. The van der Waals surface area contributed by atoms with Gasteiger partial charge in [-0.2, -0.15) is 5.10 Å². The van der Waals surface area contributed by atoms with Crippen LogP contribution in [0.3, 0.4) is 0 Å². The normalized spacial score (nSPS) is 10.8. The van der Waals surface area contributed by atoms with E-state index in [1.807, 2.05) is 72.3 Å². The standard InChI is InChI=1S/C24H20N2O2/c1-17-22(16-23(27)28)24(20-10-6-3-7-11-20)26(25-17)21-14-12-19(13-15-21)18-8-4-2-5-9-18/h2-15H,16H2,1H3,(H,27,28). The highest BCUT2D eigenvalue weighted by molar-refractivity contribution is 5.77. The lowest BCUT2D eigenvalue weighted by Gasteiger charge is -2.11. The van der Waals surface area contributed by atoms with Gasteiger partial charge in [0, 0.05) is 11.1 Å². The molecule has 3 aromatic carbocycles. The van der Waals surface area contributed by atoms with Gasteiger partial charge >= 0.3 is 5.97 Å². The second-order valence-electron chi connectivity index (χ2n) is 6.67. The number of carboxylic acids is 1. The van der Waals surface area contributed by atoms with Gasteiger partial charge in [-0.25, -0.2) is 4.68 Å². The van der Waals surface area contributed by atoms with Crippen LogP contribution in [0.5, 0.6) is 0 Å². The summed E-state index contributed by atoms with van der Waals surface area (Å²) in [5, 5.41) is 14.0. The molecule has 0 aliphatic rings. The minimum Gasteiger partial charge on any atom is -0.481 e. The van der Waals surface area contributed by atoms with Crippen LogP contribution in [0.4, 0.5) is 0 Å². The fraction of sp³-hybridized carbons (Fsp3) is 0.0833. The van der Waals surface area contributed by atoms with E-state index >= 15 is 0 Å². The lowest BCUT2D eigenvalue weighted by atomic mass is 10.0. The van der Waals surface area contributed by atoms with Gasteiger partial charge in [-0.15, -0.1) is 0 Å². The van der Waals surface area contributed by atoms with Crippen molar-refractivity contribution in [1.82, 2.24) is 9.78 Å². The Kier molecular flexibility index (Phi) is 4.77. The molecule has 0 saturated heterocycles. The van der Waals surface area contributed by atoms with E-state index in [4.69, 9.17) is 0 Å². The van der Waals surface area contributed by atoms with Crippen molar-refractivity contribution in [1.29, 1.82) is 0 Å². The van der Waals surface area contributed by atoms with E-state index in [0.717, 1.165) is 39.3 Å². The summed E-state index contributed by atoms with van der Waals surface area (Å²) in [5.74, 6) is -0.862. The quantitative estimate of drug-likeness (QED) is 0.530. The molecule has 0 aliphatic heterocycles. The molecule has 1 heterocycles. The highest BCUT2D eigenvalue weighted by Gasteiger charge is 2.20. The van der Waals surface area contributed by atoms with Gasteiger partial charge in [-0.1, -0.05) is 72.8 Å². The summed E-state index contributed by atoms with van der Waals surface area (Å²) in [6.07, 6.45) is -0.0574. The summed E-state index contributed by atoms with van der Waals surface area (Å²) in [5.41, 5.74) is 6.43. The van der Waals surface area contributed by atoms with Crippen LogP contribution in [0.1, 0.15) is 11.3 Å². The lowest BCUT2D eigenvalue weighted by Crippen LogP contribution is -2.04. The maximum Gasteiger partial charge on any atom is 0.307 e. The Hall–Kier alpha value is -3.66. The van der Waals surface area contributed by atoms with Crippen LogP contribution in [0.2, 0.25) is 0 Å². The number of hydrogen-bond donors (Lipinski definition) is 1. The van der Waals surface area contributed by atoms with Gasteiger partial charge in [0.1, 0.15) is 0 Å². The molecule has 0 saturated carbocycles. The fourth-order valence-electron chi connectivity index (χ4n) is 3.43. The molecule has 0 unspecified atom stereocenters. The first-order chi connectivity index (χ1) is 13.6. The summed E-state index contributed by atoms with van der Waals surface area (Å²) in [4.78, 5) is 11.4. The first-order valence-corrected chi connectivity index (χ1v) is 9.15. The molecular weight excluding hydrogens is 348 g/mol. The maximum absolute atomic E-state index is 11.4. The SMILES string of the molecule is Cc1nn(-c2ccc(-c3ccccc3)cc2)c(-c2ccccc2)c1CC(=O)O. The molecule has 138 valence electrons. The monoisotopic (exact) mass is 368 g/mol. The molecule has 0 aliphatic carbocycles. The maximum atomic E-state index is 11.4. The van der Waals surface area contributed by atoms with Gasteiger partial charge < -0.3 is 5.11 Å². The molecule has 0 fully saturated rings. The Morgan fingerprint density at radius 1 is 0.821 bits per heavy atom. The van der Waals surface area contributed by atoms with Crippen molar-refractivity contribution in [2.24, 2.45) is 0 Å². The molecular formula is C24H20N2O2. The van der Waals surface area contributed by atoms with Crippen molar-refractivity contribution in [3.05, 3.63) is 96.2 Å². The highest BCUT2D eigenvalue weighted by atomic mass is 16.4. The van der Waals surface area contributed by atoms with Gasteiger partial charge in [0.15, 0.2) is 0 Å². The number of aromatic nitrogens is 2. The van der Waals surface area contributed by atoms with E-state index in [2.05, 4.69) is 29.4 Å². The summed E-state index contributed by atoms with van der Waals surface area (Å²) in [6.45, 7) is 1.86. The van der Waals surface area contributed by atoms with Crippen LogP contribution in [0.15, 0.2) is 84.9 Å². The topological polar surface area (TPSA) is 55.1 Å². The number of aliphatic carboxylic acids is 1. The van der Waals surface area contributed by atoms with Crippen LogP contribution in [0, 0.1) is 6.92 Å². The van der Waals surface area contributed by atoms with E-state index in [0.29, 0.717) is 0 Å². The second kappa shape index (κ2) is 7.53. The second-order valence-corrected chi connectivity index (χ2v) is 6.67. The minimum absolute atomic E-state index is 0.0574. The molecule has 0 radical (unpaired) electrons. The van der Waals surface area contributed by atoms with E-state index in [1.54, 1.807) is 0 Å². The third-order valence-electron chi connectivity index (χ3n) is 4.78. The van der Waals surface area contributed by atoms with Gasteiger partial charge in [0.25, 0.3) is 0 Å². The van der Waals surface area contributed by atoms with Crippen molar-refractivity contribution < 1.29 is 9.90 Å². The van der Waals surface area contributed by atoms with Crippen molar-refractivity contribution in [3.63, 3.8) is 0 Å². The Morgan fingerprint density at radius 2 is 1.36 bits per heavy atom. The number of nitrogens with zero attached hydrogens (tertiary/aromatic N) is 2. The largest absolute Gasteiger partial charge is 0.481 e.